The molecule has 0 saturated carbocycles. The van der Waals surface area contributed by atoms with Gasteiger partial charge in [-0.15, -0.1) is 0 Å². The van der Waals surface area contributed by atoms with E-state index in [2.05, 4.69) is 14.9 Å². The third-order valence-electron chi connectivity index (χ3n) is 6.04. The molecule has 0 aliphatic carbocycles. The number of carbonyl (C=O) groups is 1. The Morgan fingerprint density at radius 1 is 1.15 bits per heavy atom. The minimum Gasteiger partial charge on any atom is -0.356 e. The van der Waals surface area contributed by atoms with Crippen molar-refractivity contribution in [2.24, 2.45) is 5.92 Å². The Labute approximate surface area is 191 Å². The summed E-state index contributed by atoms with van der Waals surface area (Å²) >= 11 is 0. The summed E-state index contributed by atoms with van der Waals surface area (Å²) in [6, 6.07) is 10.3. The van der Waals surface area contributed by atoms with Gasteiger partial charge >= 0.3 is 0 Å². The highest BCUT2D eigenvalue weighted by Crippen LogP contribution is 2.26. The molecule has 3 aromatic rings. The van der Waals surface area contributed by atoms with Gasteiger partial charge in [0.2, 0.25) is 15.9 Å². The van der Waals surface area contributed by atoms with Crippen LogP contribution in [0.4, 0.5) is 8.78 Å². The number of para-hydroxylation sites is 2. The fourth-order valence-electron chi connectivity index (χ4n) is 4.24. The molecule has 1 aliphatic heterocycles. The van der Waals surface area contributed by atoms with Gasteiger partial charge in [0, 0.05) is 32.1 Å². The second kappa shape index (κ2) is 9.56. The minimum absolute atomic E-state index is 0.0800. The molecule has 0 bridgehead atoms. The smallest absolute Gasteiger partial charge is 0.246 e. The first-order valence-corrected chi connectivity index (χ1v) is 12.4. The molecule has 1 saturated heterocycles. The van der Waals surface area contributed by atoms with E-state index in [1.165, 1.54) is 0 Å². The van der Waals surface area contributed by atoms with E-state index >= 15 is 0 Å². The summed E-state index contributed by atoms with van der Waals surface area (Å²) in [7, 11) is -4.15. The summed E-state index contributed by atoms with van der Waals surface area (Å²) in [4.78, 5) is 16.4. The number of amides is 1. The molecule has 2 aromatic carbocycles. The molecule has 0 radical (unpaired) electrons. The van der Waals surface area contributed by atoms with Gasteiger partial charge in [-0.3, -0.25) is 4.79 Å². The summed E-state index contributed by atoms with van der Waals surface area (Å²) in [5, 5.41) is 2.93. The zero-order valence-electron chi connectivity index (χ0n) is 18.3. The van der Waals surface area contributed by atoms with Crippen LogP contribution in [0.3, 0.4) is 0 Å². The monoisotopic (exact) mass is 476 g/mol. The van der Waals surface area contributed by atoms with Crippen LogP contribution in [0, 0.1) is 24.5 Å². The SMILES string of the molecule is Cc1nc2ccccc2n1CCCNC(=O)C1CCN(S(=O)(=O)c2cc(F)ccc2F)CC1. The van der Waals surface area contributed by atoms with Gasteiger partial charge in [-0.2, -0.15) is 4.31 Å². The van der Waals surface area contributed by atoms with Crippen LogP contribution < -0.4 is 5.32 Å². The maximum atomic E-state index is 14.0. The molecule has 1 N–H and O–H groups in total. The summed E-state index contributed by atoms with van der Waals surface area (Å²) in [5.41, 5.74) is 2.00. The van der Waals surface area contributed by atoms with Gasteiger partial charge in [0.15, 0.2) is 0 Å². The Balaban J connectivity index is 1.27. The highest BCUT2D eigenvalue weighted by Gasteiger charge is 2.33. The van der Waals surface area contributed by atoms with Crippen molar-refractivity contribution in [2.45, 2.75) is 37.6 Å². The first kappa shape index (κ1) is 23.3. The van der Waals surface area contributed by atoms with Crippen LogP contribution in [0.1, 0.15) is 25.1 Å². The van der Waals surface area contributed by atoms with E-state index < -0.39 is 26.6 Å². The van der Waals surface area contributed by atoms with Crippen LogP contribution in [0.2, 0.25) is 0 Å². The maximum absolute atomic E-state index is 14.0. The molecule has 33 heavy (non-hydrogen) atoms. The summed E-state index contributed by atoms with van der Waals surface area (Å²) in [6.45, 7) is 3.34. The Morgan fingerprint density at radius 3 is 2.64 bits per heavy atom. The van der Waals surface area contributed by atoms with Gasteiger partial charge in [-0.1, -0.05) is 12.1 Å². The number of imidazole rings is 1. The Morgan fingerprint density at radius 2 is 1.88 bits per heavy atom. The second-order valence-corrected chi connectivity index (χ2v) is 10.1. The third-order valence-corrected chi connectivity index (χ3v) is 7.95. The molecule has 7 nitrogen and oxygen atoms in total. The third kappa shape index (κ3) is 4.91. The number of carbonyl (C=O) groups excluding carboxylic acids is 1. The van der Waals surface area contributed by atoms with Gasteiger partial charge in [0.1, 0.15) is 22.4 Å². The normalized spacial score (nSPS) is 15.7. The van der Waals surface area contributed by atoms with Crippen molar-refractivity contribution in [1.82, 2.24) is 19.2 Å². The number of hydrogen-bond acceptors (Lipinski definition) is 4. The number of halogens is 2. The Bertz CT molecular complexity index is 1270. The maximum Gasteiger partial charge on any atom is 0.246 e. The van der Waals surface area contributed by atoms with Crippen molar-refractivity contribution >= 4 is 27.0 Å². The number of aromatic nitrogens is 2. The molecule has 2 heterocycles. The molecule has 0 atom stereocenters. The van der Waals surface area contributed by atoms with E-state index in [0.29, 0.717) is 25.5 Å². The number of sulfonamides is 1. The van der Waals surface area contributed by atoms with Crippen molar-refractivity contribution in [3.05, 3.63) is 59.9 Å². The van der Waals surface area contributed by atoms with E-state index in [9.17, 15) is 22.0 Å². The molecule has 4 rings (SSSR count). The van der Waals surface area contributed by atoms with Crippen molar-refractivity contribution in [3.63, 3.8) is 0 Å². The number of fused-ring (bicyclic) bond motifs is 1. The highest BCUT2D eigenvalue weighted by atomic mass is 32.2. The number of nitrogens with zero attached hydrogens (tertiary/aromatic N) is 3. The molecule has 0 spiro atoms. The molecular weight excluding hydrogens is 450 g/mol. The fourth-order valence-corrected chi connectivity index (χ4v) is 5.79. The molecule has 10 heteroatoms. The lowest BCUT2D eigenvalue weighted by atomic mass is 9.97. The molecule has 176 valence electrons. The zero-order chi connectivity index (χ0) is 23.6. The number of nitrogens with one attached hydrogen (secondary N) is 1. The Kier molecular flexibility index (Phi) is 6.76. The van der Waals surface area contributed by atoms with Crippen LogP contribution in [-0.4, -0.2) is 47.8 Å². The standard InChI is InChI=1S/C23H26F2N4O3S/c1-16-27-20-5-2-3-6-21(20)29(16)12-4-11-26-23(30)17-9-13-28(14-10-17)33(31,32)22-15-18(24)7-8-19(22)25/h2-3,5-8,15,17H,4,9-14H2,1H3,(H,26,30). The lowest BCUT2D eigenvalue weighted by molar-refractivity contribution is -0.126. The van der Waals surface area contributed by atoms with Crippen LogP contribution in [-0.2, 0) is 21.4 Å². The molecule has 0 unspecified atom stereocenters. The molecule has 1 aromatic heterocycles. The predicted molar refractivity (Wildman–Crippen MR) is 120 cm³/mol. The zero-order valence-corrected chi connectivity index (χ0v) is 19.1. The van der Waals surface area contributed by atoms with E-state index in [1.807, 2.05) is 31.2 Å². The lowest BCUT2D eigenvalue weighted by Crippen LogP contribution is -2.43. The van der Waals surface area contributed by atoms with Crippen LogP contribution in [0.5, 0.6) is 0 Å². The van der Waals surface area contributed by atoms with Crippen LogP contribution in [0.25, 0.3) is 11.0 Å². The highest BCUT2D eigenvalue weighted by molar-refractivity contribution is 7.89. The van der Waals surface area contributed by atoms with E-state index in [4.69, 9.17) is 0 Å². The quantitative estimate of drug-likeness (QED) is 0.531. The topological polar surface area (TPSA) is 84.3 Å². The second-order valence-electron chi connectivity index (χ2n) is 8.20. The van der Waals surface area contributed by atoms with Gasteiger partial charge in [-0.25, -0.2) is 22.2 Å². The number of aryl methyl sites for hydroxylation is 2. The summed E-state index contributed by atoms with van der Waals surface area (Å²) < 4.78 is 56.0. The minimum atomic E-state index is -4.15. The van der Waals surface area contributed by atoms with Crippen molar-refractivity contribution in [3.8, 4) is 0 Å². The molecule has 1 aliphatic rings. The predicted octanol–water partition coefficient (Wildman–Crippen LogP) is 3.23. The number of rotatable bonds is 7. The van der Waals surface area contributed by atoms with Crippen LogP contribution >= 0.6 is 0 Å². The van der Waals surface area contributed by atoms with Crippen molar-refractivity contribution < 1.29 is 22.0 Å². The van der Waals surface area contributed by atoms with Gasteiger partial charge in [0.25, 0.3) is 0 Å². The Hall–Kier alpha value is -2.85. The average molecular weight is 477 g/mol. The lowest BCUT2D eigenvalue weighted by Gasteiger charge is -2.30. The first-order chi connectivity index (χ1) is 15.8. The summed E-state index contributed by atoms with van der Waals surface area (Å²) in [5.74, 6) is -1.31. The van der Waals surface area contributed by atoms with Gasteiger partial charge in [0.05, 0.1) is 11.0 Å². The molecular formula is C23H26F2N4O3S. The largest absolute Gasteiger partial charge is 0.356 e. The van der Waals surface area contributed by atoms with Crippen molar-refractivity contribution in [2.75, 3.05) is 19.6 Å². The van der Waals surface area contributed by atoms with Crippen molar-refractivity contribution in [1.29, 1.82) is 0 Å². The number of benzene rings is 2. The summed E-state index contributed by atoms with van der Waals surface area (Å²) in [6.07, 6.45) is 1.39. The van der Waals surface area contributed by atoms with E-state index in [0.717, 1.165) is 46.3 Å². The molecule has 1 fully saturated rings. The number of piperidine rings is 1. The number of hydrogen-bond donors (Lipinski definition) is 1. The van der Waals surface area contributed by atoms with Gasteiger partial charge in [-0.05, 0) is 56.5 Å². The van der Waals surface area contributed by atoms with E-state index in [-0.39, 0.29) is 24.9 Å². The van der Waals surface area contributed by atoms with E-state index in [1.54, 1.807) is 0 Å². The van der Waals surface area contributed by atoms with Crippen LogP contribution in [0.15, 0.2) is 47.4 Å². The first-order valence-electron chi connectivity index (χ1n) is 10.9. The average Bonchev–Trinajstić information content (AvgIpc) is 3.13. The molecule has 1 amide bonds. The fraction of sp³-hybridized carbons (Fsp3) is 0.391. The van der Waals surface area contributed by atoms with Gasteiger partial charge < -0.3 is 9.88 Å².